The van der Waals surface area contributed by atoms with Gasteiger partial charge in [-0.1, -0.05) is 12.1 Å². The molecule has 1 fully saturated rings. The van der Waals surface area contributed by atoms with Gasteiger partial charge in [-0.15, -0.1) is 0 Å². The van der Waals surface area contributed by atoms with Crippen molar-refractivity contribution in [3.05, 3.63) is 35.4 Å². The van der Waals surface area contributed by atoms with Crippen LogP contribution in [0.15, 0.2) is 24.3 Å². The summed E-state index contributed by atoms with van der Waals surface area (Å²) in [5, 5.41) is 6.13. The van der Waals surface area contributed by atoms with E-state index in [1.165, 1.54) is 0 Å². The molecule has 2 N–H and O–H groups in total. The third-order valence-corrected chi connectivity index (χ3v) is 3.67. The minimum Gasteiger partial charge on any atom is -0.354 e. The molecule has 2 amide bonds. The Morgan fingerprint density at radius 3 is 2.86 bits per heavy atom. The zero-order valence-corrected chi connectivity index (χ0v) is 12.7. The second-order valence-electron chi connectivity index (χ2n) is 5.59. The number of benzene rings is 1. The molecular weight excluding hydrogens is 266 g/mol. The van der Waals surface area contributed by atoms with Crippen LogP contribution in [0.2, 0.25) is 0 Å². The molecule has 0 bridgehead atoms. The molecule has 1 unspecified atom stereocenters. The summed E-state index contributed by atoms with van der Waals surface area (Å²) >= 11 is 0. The summed E-state index contributed by atoms with van der Waals surface area (Å²) in [6.07, 6.45) is 2.71. The van der Waals surface area contributed by atoms with Gasteiger partial charge >= 0.3 is 0 Å². The van der Waals surface area contributed by atoms with Gasteiger partial charge in [-0.3, -0.25) is 9.59 Å². The zero-order chi connectivity index (χ0) is 15.2. The Morgan fingerprint density at radius 1 is 1.38 bits per heavy atom. The van der Waals surface area contributed by atoms with Crippen molar-refractivity contribution in [2.45, 2.75) is 25.3 Å². The van der Waals surface area contributed by atoms with Gasteiger partial charge < -0.3 is 15.5 Å². The van der Waals surface area contributed by atoms with Crippen LogP contribution in [0.3, 0.4) is 0 Å². The Hall–Kier alpha value is -1.88. The van der Waals surface area contributed by atoms with Crippen molar-refractivity contribution in [3.63, 3.8) is 0 Å². The minimum absolute atomic E-state index is 0.00367. The maximum atomic E-state index is 11.9. The van der Waals surface area contributed by atoms with Crippen LogP contribution < -0.4 is 10.6 Å². The fourth-order valence-corrected chi connectivity index (χ4v) is 2.48. The van der Waals surface area contributed by atoms with E-state index in [-0.39, 0.29) is 17.9 Å². The molecule has 21 heavy (non-hydrogen) atoms. The molecule has 2 rings (SSSR count). The van der Waals surface area contributed by atoms with E-state index >= 15 is 0 Å². The van der Waals surface area contributed by atoms with E-state index in [1.54, 1.807) is 19.0 Å². The van der Waals surface area contributed by atoms with Gasteiger partial charge in [0, 0.05) is 26.2 Å². The molecule has 0 radical (unpaired) electrons. The highest BCUT2D eigenvalue weighted by molar-refractivity contribution is 5.94. The maximum Gasteiger partial charge on any atom is 0.253 e. The monoisotopic (exact) mass is 289 g/mol. The molecule has 114 valence electrons. The van der Waals surface area contributed by atoms with Gasteiger partial charge in [-0.25, -0.2) is 0 Å². The molecule has 1 aromatic rings. The van der Waals surface area contributed by atoms with Gasteiger partial charge in [0.25, 0.3) is 5.91 Å². The van der Waals surface area contributed by atoms with Gasteiger partial charge in [0.15, 0.2) is 0 Å². The third-order valence-electron chi connectivity index (χ3n) is 3.67. The van der Waals surface area contributed by atoms with Crippen LogP contribution in [-0.4, -0.2) is 49.9 Å². The van der Waals surface area contributed by atoms with Crippen LogP contribution in [-0.2, 0) is 11.2 Å². The average molecular weight is 289 g/mol. The summed E-state index contributed by atoms with van der Waals surface area (Å²) in [7, 11) is 3.48. The highest BCUT2D eigenvalue weighted by Crippen LogP contribution is 2.08. The number of nitrogens with zero attached hydrogens (tertiary/aromatic N) is 1. The van der Waals surface area contributed by atoms with Crippen LogP contribution in [0, 0.1) is 0 Å². The summed E-state index contributed by atoms with van der Waals surface area (Å²) in [5.41, 5.74) is 1.74. The van der Waals surface area contributed by atoms with E-state index in [0.29, 0.717) is 12.1 Å². The minimum atomic E-state index is -0.0355. The molecule has 5 heteroatoms. The standard InChI is InChI=1S/C16H23N3O2/c1-19(2)16(21)13-6-3-5-12(11-13)8-10-18-15(20)14-7-4-9-17-14/h3,5-6,11,14,17H,4,7-10H2,1-2H3,(H,18,20). The van der Waals surface area contributed by atoms with Crippen molar-refractivity contribution in [2.24, 2.45) is 0 Å². The number of rotatable bonds is 5. The zero-order valence-electron chi connectivity index (χ0n) is 12.7. The number of nitrogens with one attached hydrogen (secondary N) is 2. The Labute approximate surface area is 125 Å². The van der Waals surface area contributed by atoms with E-state index in [0.717, 1.165) is 31.4 Å². The van der Waals surface area contributed by atoms with Gasteiger partial charge in [-0.05, 0) is 43.5 Å². The summed E-state index contributed by atoms with van der Waals surface area (Å²) in [6.45, 7) is 1.52. The summed E-state index contributed by atoms with van der Waals surface area (Å²) in [5.74, 6) is 0.0732. The molecule has 1 aromatic carbocycles. The first-order valence-electron chi connectivity index (χ1n) is 7.39. The molecule has 1 aliphatic rings. The summed E-state index contributed by atoms with van der Waals surface area (Å²) in [6, 6.07) is 7.53. The van der Waals surface area contributed by atoms with Crippen molar-refractivity contribution in [1.82, 2.24) is 15.5 Å². The predicted octanol–water partition coefficient (Wildman–Crippen LogP) is 0.799. The van der Waals surface area contributed by atoms with Crippen molar-refractivity contribution < 1.29 is 9.59 Å². The molecule has 0 aromatic heterocycles. The highest BCUT2D eigenvalue weighted by atomic mass is 16.2. The number of amides is 2. The van der Waals surface area contributed by atoms with Crippen LogP contribution >= 0.6 is 0 Å². The fourth-order valence-electron chi connectivity index (χ4n) is 2.48. The lowest BCUT2D eigenvalue weighted by Gasteiger charge is -2.12. The number of carbonyl (C=O) groups excluding carboxylic acids is 2. The lowest BCUT2D eigenvalue weighted by molar-refractivity contribution is -0.122. The van der Waals surface area contributed by atoms with Crippen LogP contribution in [0.25, 0.3) is 0 Å². The van der Waals surface area contributed by atoms with Gasteiger partial charge in [0.05, 0.1) is 6.04 Å². The van der Waals surface area contributed by atoms with Crippen molar-refractivity contribution in [1.29, 1.82) is 0 Å². The molecule has 0 spiro atoms. The molecule has 1 heterocycles. The van der Waals surface area contributed by atoms with E-state index in [2.05, 4.69) is 10.6 Å². The average Bonchev–Trinajstić information content (AvgIpc) is 3.01. The van der Waals surface area contributed by atoms with E-state index in [9.17, 15) is 9.59 Å². The molecule has 0 aliphatic carbocycles. The van der Waals surface area contributed by atoms with E-state index < -0.39 is 0 Å². The Morgan fingerprint density at radius 2 is 2.19 bits per heavy atom. The summed E-state index contributed by atoms with van der Waals surface area (Å²) in [4.78, 5) is 25.3. The van der Waals surface area contributed by atoms with Crippen molar-refractivity contribution in [2.75, 3.05) is 27.2 Å². The number of carbonyl (C=O) groups is 2. The van der Waals surface area contributed by atoms with Crippen LogP contribution in [0.1, 0.15) is 28.8 Å². The maximum absolute atomic E-state index is 11.9. The quantitative estimate of drug-likeness (QED) is 0.843. The SMILES string of the molecule is CN(C)C(=O)c1cccc(CCNC(=O)C2CCCN2)c1. The normalized spacial score (nSPS) is 17.5. The second-order valence-corrected chi connectivity index (χ2v) is 5.59. The smallest absolute Gasteiger partial charge is 0.253 e. The molecule has 0 saturated carbocycles. The van der Waals surface area contributed by atoms with Gasteiger partial charge in [-0.2, -0.15) is 0 Å². The van der Waals surface area contributed by atoms with Gasteiger partial charge in [0.2, 0.25) is 5.91 Å². The number of hydrogen-bond donors (Lipinski definition) is 2. The first kappa shape index (κ1) is 15.5. The van der Waals surface area contributed by atoms with Crippen molar-refractivity contribution in [3.8, 4) is 0 Å². The number of hydrogen-bond acceptors (Lipinski definition) is 3. The highest BCUT2D eigenvalue weighted by Gasteiger charge is 2.21. The second kappa shape index (κ2) is 7.22. The lowest BCUT2D eigenvalue weighted by Crippen LogP contribution is -2.41. The first-order valence-corrected chi connectivity index (χ1v) is 7.39. The summed E-state index contributed by atoms with van der Waals surface area (Å²) < 4.78 is 0. The van der Waals surface area contributed by atoms with E-state index in [4.69, 9.17) is 0 Å². The predicted molar refractivity (Wildman–Crippen MR) is 82.2 cm³/mol. The molecule has 1 atom stereocenters. The van der Waals surface area contributed by atoms with Crippen molar-refractivity contribution >= 4 is 11.8 Å². The Bertz CT molecular complexity index is 508. The Balaban J connectivity index is 1.84. The molecule has 5 nitrogen and oxygen atoms in total. The topological polar surface area (TPSA) is 61.4 Å². The fraction of sp³-hybridized carbons (Fsp3) is 0.500. The van der Waals surface area contributed by atoms with Gasteiger partial charge in [0.1, 0.15) is 0 Å². The van der Waals surface area contributed by atoms with Crippen LogP contribution in [0.4, 0.5) is 0 Å². The molecule has 1 aliphatic heterocycles. The lowest BCUT2D eigenvalue weighted by atomic mass is 10.1. The van der Waals surface area contributed by atoms with E-state index in [1.807, 2.05) is 24.3 Å². The Kier molecular flexibility index (Phi) is 5.33. The largest absolute Gasteiger partial charge is 0.354 e. The molecular formula is C16H23N3O2. The first-order chi connectivity index (χ1) is 10.1. The molecule has 1 saturated heterocycles. The van der Waals surface area contributed by atoms with Crippen LogP contribution in [0.5, 0.6) is 0 Å². The third kappa shape index (κ3) is 4.29.